The fourth-order valence-electron chi connectivity index (χ4n) is 1.33. The highest BCUT2D eigenvalue weighted by Crippen LogP contribution is 2.29. The molecule has 15 heavy (non-hydrogen) atoms. The zero-order valence-electron chi connectivity index (χ0n) is 8.52. The molecular formula is C10H11N3OS. The van der Waals surface area contributed by atoms with Crippen LogP contribution in [0.3, 0.4) is 0 Å². The topological polar surface area (TPSA) is 60.9 Å². The van der Waals surface area contributed by atoms with Crippen molar-refractivity contribution in [2.75, 3.05) is 5.73 Å². The molecule has 0 saturated carbocycles. The van der Waals surface area contributed by atoms with E-state index in [1.54, 1.807) is 24.6 Å². The van der Waals surface area contributed by atoms with Crippen molar-refractivity contribution in [2.24, 2.45) is 7.05 Å². The maximum atomic E-state index is 11.5. The monoisotopic (exact) mass is 221 g/mol. The van der Waals surface area contributed by atoms with Crippen molar-refractivity contribution in [3.63, 3.8) is 0 Å². The molecule has 0 saturated heterocycles. The Morgan fingerprint density at radius 1 is 1.47 bits per heavy atom. The molecule has 2 heterocycles. The van der Waals surface area contributed by atoms with Crippen LogP contribution < -0.4 is 11.3 Å². The van der Waals surface area contributed by atoms with Crippen LogP contribution in [-0.4, -0.2) is 9.78 Å². The van der Waals surface area contributed by atoms with E-state index in [4.69, 9.17) is 5.73 Å². The third-order valence-corrected chi connectivity index (χ3v) is 3.21. The van der Waals surface area contributed by atoms with Crippen LogP contribution in [0, 0.1) is 6.92 Å². The first-order valence-electron chi connectivity index (χ1n) is 4.48. The molecule has 0 aliphatic heterocycles. The average molecular weight is 221 g/mol. The minimum atomic E-state index is -0.251. The molecule has 2 aromatic heterocycles. The Morgan fingerprint density at radius 2 is 2.20 bits per heavy atom. The largest absolute Gasteiger partial charge is 0.394 e. The van der Waals surface area contributed by atoms with Gasteiger partial charge in [0, 0.05) is 22.4 Å². The summed E-state index contributed by atoms with van der Waals surface area (Å²) in [6, 6.07) is 3.95. The minimum Gasteiger partial charge on any atom is -0.394 e. The van der Waals surface area contributed by atoms with E-state index in [2.05, 4.69) is 5.10 Å². The van der Waals surface area contributed by atoms with Crippen LogP contribution in [-0.2, 0) is 7.05 Å². The van der Waals surface area contributed by atoms with Gasteiger partial charge in [-0.2, -0.15) is 5.10 Å². The predicted molar refractivity (Wildman–Crippen MR) is 61.9 cm³/mol. The van der Waals surface area contributed by atoms with Gasteiger partial charge in [0.1, 0.15) is 5.69 Å². The molecule has 0 atom stereocenters. The lowest BCUT2D eigenvalue weighted by atomic mass is 10.2. The van der Waals surface area contributed by atoms with Crippen molar-refractivity contribution in [1.29, 1.82) is 0 Å². The summed E-state index contributed by atoms with van der Waals surface area (Å²) in [4.78, 5) is 13.7. The molecule has 2 aromatic rings. The second-order valence-corrected chi connectivity index (χ2v) is 4.60. The van der Waals surface area contributed by atoms with Crippen molar-refractivity contribution in [2.45, 2.75) is 6.92 Å². The zero-order valence-corrected chi connectivity index (χ0v) is 9.34. The molecule has 0 unspecified atom stereocenters. The Bertz CT molecular complexity index is 556. The standard InChI is InChI=1S/C10H11N3OS/c1-6-3-4-8(15-6)7-5-12-13(2)10(14)9(7)11/h3-5H,11H2,1-2H3. The van der Waals surface area contributed by atoms with Crippen molar-refractivity contribution >= 4 is 17.0 Å². The second-order valence-electron chi connectivity index (χ2n) is 3.31. The molecular weight excluding hydrogens is 210 g/mol. The van der Waals surface area contributed by atoms with Gasteiger partial charge in [0.05, 0.1) is 6.20 Å². The number of nitrogens with zero attached hydrogens (tertiary/aromatic N) is 2. The molecule has 0 radical (unpaired) electrons. The molecule has 0 spiro atoms. The first-order chi connectivity index (χ1) is 7.09. The van der Waals surface area contributed by atoms with Gasteiger partial charge in [-0.1, -0.05) is 0 Å². The van der Waals surface area contributed by atoms with Crippen LogP contribution in [0.25, 0.3) is 10.4 Å². The van der Waals surface area contributed by atoms with Gasteiger partial charge in [-0.3, -0.25) is 4.79 Å². The Kier molecular flexibility index (Phi) is 2.32. The molecule has 0 fully saturated rings. The SMILES string of the molecule is Cc1ccc(-c2cnn(C)c(=O)c2N)s1. The van der Waals surface area contributed by atoms with Crippen molar-refractivity contribution in [1.82, 2.24) is 9.78 Å². The smallest absolute Gasteiger partial charge is 0.290 e. The summed E-state index contributed by atoms with van der Waals surface area (Å²) in [5.74, 6) is 0. The quantitative estimate of drug-likeness (QED) is 0.791. The number of thiophene rings is 1. The molecule has 0 aromatic carbocycles. The van der Waals surface area contributed by atoms with E-state index in [0.717, 1.165) is 10.4 Å². The highest BCUT2D eigenvalue weighted by Gasteiger charge is 2.09. The van der Waals surface area contributed by atoms with E-state index in [9.17, 15) is 4.79 Å². The minimum absolute atomic E-state index is 0.251. The van der Waals surface area contributed by atoms with Gasteiger partial charge in [0.25, 0.3) is 5.56 Å². The van der Waals surface area contributed by atoms with Gasteiger partial charge in [-0.05, 0) is 19.1 Å². The summed E-state index contributed by atoms with van der Waals surface area (Å²) in [6.07, 6.45) is 1.63. The number of aromatic nitrogens is 2. The first kappa shape index (κ1) is 9.92. The molecule has 0 amide bonds. The fraction of sp³-hybridized carbons (Fsp3) is 0.200. The molecule has 78 valence electrons. The van der Waals surface area contributed by atoms with Crippen LogP contribution in [0.15, 0.2) is 23.1 Å². The van der Waals surface area contributed by atoms with Crippen LogP contribution in [0.4, 0.5) is 5.69 Å². The Balaban J connectivity index is 2.64. The number of aryl methyl sites for hydroxylation is 2. The van der Waals surface area contributed by atoms with Gasteiger partial charge in [0.2, 0.25) is 0 Å². The molecule has 5 heteroatoms. The summed E-state index contributed by atoms with van der Waals surface area (Å²) in [6.45, 7) is 2.01. The summed E-state index contributed by atoms with van der Waals surface area (Å²) in [5, 5.41) is 3.96. The zero-order chi connectivity index (χ0) is 11.0. The van der Waals surface area contributed by atoms with E-state index >= 15 is 0 Å². The number of rotatable bonds is 1. The lowest BCUT2D eigenvalue weighted by Crippen LogP contribution is -2.22. The van der Waals surface area contributed by atoms with Crippen molar-refractivity contribution in [3.05, 3.63) is 33.6 Å². The lowest BCUT2D eigenvalue weighted by Gasteiger charge is -2.03. The highest BCUT2D eigenvalue weighted by atomic mass is 32.1. The van der Waals surface area contributed by atoms with E-state index in [1.807, 2.05) is 19.1 Å². The number of nitrogens with two attached hydrogens (primary N) is 1. The van der Waals surface area contributed by atoms with E-state index in [-0.39, 0.29) is 11.2 Å². The van der Waals surface area contributed by atoms with Crippen molar-refractivity contribution in [3.8, 4) is 10.4 Å². The van der Waals surface area contributed by atoms with Gasteiger partial charge in [-0.15, -0.1) is 11.3 Å². The van der Waals surface area contributed by atoms with E-state index in [0.29, 0.717) is 0 Å². The van der Waals surface area contributed by atoms with Crippen LogP contribution in [0.2, 0.25) is 0 Å². The van der Waals surface area contributed by atoms with Crippen LogP contribution in [0.1, 0.15) is 4.88 Å². The molecule has 4 nitrogen and oxygen atoms in total. The normalized spacial score (nSPS) is 10.5. The third-order valence-electron chi connectivity index (χ3n) is 2.18. The van der Waals surface area contributed by atoms with Gasteiger partial charge >= 0.3 is 0 Å². The number of hydrogen-bond acceptors (Lipinski definition) is 4. The Morgan fingerprint density at radius 3 is 2.80 bits per heavy atom. The molecule has 2 N–H and O–H groups in total. The maximum absolute atomic E-state index is 11.5. The van der Waals surface area contributed by atoms with Crippen LogP contribution >= 0.6 is 11.3 Å². The van der Waals surface area contributed by atoms with Gasteiger partial charge in [-0.25, -0.2) is 4.68 Å². The fourth-order valence-corrected chi connectivity index (χ4v) is 2.22. The van der Waals surface area contributed by atoms with Gasteiger partial charge < -0.3 is 5.73 Å². The molecule has 0 bridgehead atoms. The maximum Gasteiger partial charge on any atom is 0.290 e. The van der Waals surface area contributed by atoms with Crippen molar-refractivity contribution < 1.29 is 0 Å². The average Bonchev–Trinajstić information content (AvgIpc) is 2.61. The lowest BCUT2D eigenvalue weighted by molar-refractivity contribution is 0.712. The van der Waals surface area contributed by atoms with E-state index < -0.39 is 0 Å². The third kappa shape index (κ3) is 1.66. The summed E-state index contributed by atoms with van der Waals surface area (Å²) < 4.78 is 1.24. The predicted octanol–water partition coefficient (Wildman–Crippen LogP) is 1.40. The van der Waals surface area contributed by atoms with E-state index in [1.165, 1.54) is 9.56 Å². The molecule has 2 rings (SSSR count). The first-order valence-corrected chi connectivity index (χ1v) is 5.30. The molecule has 0 aliphatic carbocycles. The summed E-state index contributed by atoms with van der Waals surface area (Å²) in [5.41, 5.74) is 6.48. The second kappa shape index (κ2) is 3.51. The highest BCUT2D eigenvalue weighted by molar-refractivity contribution is 7.15. The number of hydrogen-bond donors (Lipinski definition) is 1. The van der Waals surface area contributed by atoms with Crippen LogP contribution in [0.5, 0.6) is 0 Å². The summed E-state index contributed by atoms with van der Waals surface area (Å²) in [7, 11) is 1.59. The molecule has 0 aliphatic rings. The number of anilines is 1. The Hall–Kier alpha value is -1.62. The van der Waals surface area contributed by atoms with Gasteiger partial charge in [0.15, 0.2) is 0 Å². The Labute approximate surface area is 91.0 Å². The summed E-state index contributed by atoms with van der Waals surface area (Å²) >= 11 is 1.60. The number of nitrogen functional groups attached to an aromatic ring is 1.